The third kappa shape index (κ3) is 6.14. The van der Waals surface area contributed by atoms with Gasteiger partial charge in [-0.3, -0.25) is 4.99 Å². The first-order valence-corrected chi connectivity index (χ1v) is 10.6. The van der Waals surface area contributed by atoms with E-state index in [0.29, 0.717) is 29.0 Å². The van der Waals surface area contributed by atoms with Crippen LogP contribution in [0.4, 0.5) is 13.2 Å². The number of fused-ring (bicyclic) bond motifs is 1. The lowest BCUT2D eigenvalue weighted by Crippen LogP contribution is -2.27. The lowest BCUT2D eigenvalue weighted by atomic mass is 9.98. The third-order valence-electron chi connectivity index (χ3n) is 5.36. The normalized spacial score (nSPS) is 19.6. The van der Waals surface area contributed by atoms with E-state index < -0.39 is 18.6 Å². The zero-order chi connectivity index (χ0) is 24.2. The number of aliphatic imine (C=N–C) groups is 1. The van der Waals surface area contributed by atoms with Crippen LogP contribution in [0, 0.1) is 24.7 Å². The lowest BCUT2D eigenvalue weighted by molar-refractivity contribution is -0.132. The predicted molar refractivity (Wildman–Crippen MR) is 120 cm³/mol. The fourth-order valence-electron chi connectivity index (χ4n) is 3.79. The molecule has 0 amide bonds. The summed E-state index contributed by atoms with van der Waals surface area (Å²) in [5.41, 5.74) is 4.17. The number of alkyl halides is 3. The molecule has 8 heteroatoms. The van der Waals surface area contributed by atoms with Gasteiger partial charge in [-0.15, -0.1) is 0 Å². The molecule has 33 heavy (non-hydrogen) atoms. The second-order valence-electron chi connectivity index (χ2n) is 8.04. The smallest absolute Gasteiger partial charge is 0.390 e. The van der Waals surface area contributed by atoms with E-state index in [-0.39, 0.29) is 31.1 Å². The number of hydrogen-bond donors (Lipinski definition) is 2. The minimum absolute atomic E-state index is 0.134. The van der Waals surface area contributed by atoms with E-state index in [1.54, 1.807) is 25.1 Å². The second kappa shape index (κ2) is 10.1. The number of allylic oxidation sites excluding steroid dienone is 4. The van der Waals surface area contributed by atoms with Crippen molar-refractivity contribution in [2.75, 3.05) is 13.2 Å². The summed E-state index contributed by atoms with van der Waals surface area (Å²) in [5.74, 6) is 4.58. The van der Waals surface area contributed by atoms with Crippen LogP contribution >= 0.6 is 0 Å². The number of aliphatic hydroxyl groups excluding tert-OH is 1. The molecule has 0 aromatic heterocycles. The highest BCUT2D eigenvalue weighted by atomic mass is 19.4. The molecule has 2 N–H and O–H groups in total. The molecule has 2 aliphatic rings. The van der Waals surface area contributed by atoms with Crippen LogP contribution in [-0.4, -0.2) is 46.1 Å². The summed E-state index contributed by atoms with van der Waals surface area (Å²) in [7, 11) is 0. The Labute approximate surface area is 190 Å². The maximum atomic E-state index is 12.7. The molecule has 0 bridgehead atoms. The van der Waals surface area contributed by atoms with Gasteiger partial charge < -0.3 is 15.1 Å². The Kier molecular flexibility index (Phi) is 7.44. The molecular weight excluding hydrogens is 433 g/mol. The van der Waals surface area contributed by atoms with E-state index in [4.69, 9.17) is 5.11 Å². The molecule has 1 aromatic carbocycles. The summed E-state index contributed by atoms with van der Waals surface area (Å²) in [6, 6.07) is 5.05. The van der Waals surface area contributed by atoms with Gasteiger partial charge in [0.2, 0.25) is 0 Å². The van der Waals surface area contributed by atoms with Crippen molar-refractivity contribution in [3.63, 3.8) is 0 Å². The Morgan fingerprint density at radius 3 is 2.70 bits per heavy atom. The number of aliphatic hydroxyl groups is 1. The van der Waals surface area contributed by atoms with Gasteiger partial charge in [-0.05, 0) is 42.5 Å². The molecular formula is C25H25F3N2O3. The number of benzene rings is 1. The maximum absolute atomic E-state index is 12.7. The van der Waals surface area contributed by atoms with Gasteiger partial charge >= 0.3 is 12.1 Å². The van der Waals surface area contributed by atoms with Crippen LogP contribution in [0.25, 0.3) is 5.70 Å². The number of carboxylic acids is 1. The number of nitrogens with zero attached hydrogens (tertiary/aromatic N) is 2. The van der Waals surface area contributed by atoms with Crippen molar-refractivity contribution in [2.45, 2.75) is 39.3 Å². The van der Waals surface area contributed by atoms with Gasteiger partial charge in [0.1, 0.15) is 6.61 Å². The van der Waals surface area contributed by atoms with Crippen LogP contribution in [0.1, 0.15) is 47.7 Å². The van der Waals surface area contributed by atoms with E-state index in [0.717, 1.165) is 11.3 Å². The highest BCUT2D eigenvalue weighted by molar-refractivity contribution is 6.04. The topological polar surface area (TPSA) is 73.1 Å². The third-order valence-corrected chi connectivity index (χ3v) is 5.36. The highest BCUT2D eigenvalue weighted by Crippen LogP contribution is 2.36. The van der Waals surface area contributed by atoms with Crippen molar-refractivity contribution in [2.24, 2.45) is 10.9 Å². The van der Waals surface area contributed by atoms with Crippen molar-refractivity contribution >= 4 is 17.4 Å². The summed E-state index contributed by atoms with van der Waals surface area (Å²) in [6.45, 7) is 3.03. The van der Waals surface area contributed by atoms with Crippen LogP contribution in [0.5, 0.6) is 0 Å². The largest absolute Gasteiger partial charge is 0.478 e. The van der Waals surface area contributed by atoms with Crippen LogP contribution in [0.2, 0.25) is 0 Å². The van der Waals surface area contributed by atoms with Crippen LogP contribution in [0.15, 0.2) is 52.8 Å². The molecule has 174 valence electrons. The Morgan fingerprint density at radius 1 is 1.30 bits per heavy atom. The Balaban J connectivity index is 2.09. The molecule has 0 saturated carbocycles. The molecule has 2 heterocycles. The van der Waals surface area contributed by atoms with Crippen molar-refractivity contribution in [3.8, 4) is 11.8 Å². The van der Waals surface area contributed by atoms with Crippen LogP contribution in [-0.2, 0) is 0 Å². The fraction of sp³-hybridized carbons (Fsp3) is 0.360. The standard InChI is InChI=1S/C25H25F3N2O3/c1-16-5-8-22-21(29-10-9-25(26,27)28)14-18(4-3-11-31)15-30(22)23(12-16)19-6-7-20(24(32)33)17(2)13-19/h6-8,12-13,15-16,31H,5,9-11,14H2,1-2H3,(H,32,33). The van der Waals surface area contributed by atoms with Crippen LogP contribution in [0.3, 0.4) is 0 Å². The van der Waals surface area contributed by atoms with E-state index in [1.165, 1.54) is 0 Å². The van der Waals surface area contributed by atoms with Gasteiger partial charge in [-0.25, -0.2) is 4.79 Å². The van der Waals surface area contributed by atoms with E-state index in [1.807, 2.05) is 30.2 Å². The zero-order valence-electron chi connectivity index (χ0n) is 18.4. The molecule has 0 radical (unpaired) electrons. The first-order valence-electron chi connectivity index (χ1n) is 10.6. The van der Waals surface area contributed by atoms with Crippen molar-refractivity contribution in [1.29, 1.82) is 0 Å². The minimum atomic E-state index is -4.30. The van der Waals surface area contributed by atoms with Crippen molar-refractivity contribution in [3.05, 3.63) is 64.5 Å². The summed E-state index contributed by atoms with van der Waals surface area (Å²) >= 11 is 0. The van der Waals surface area contributed by atoms with Gasteiger partial charge in [0.05, 0.1) is 23.4 Å². The molecule has 0 saturated heterocycles. The average Bonchev–Trinajstić information content (AvgIpc) is 2.90. The van der Waals surface area contributed by atoms with Crippen molar-refractivity contribution < 1.29 is 28.2 Å². The Bertz CT molecular complexity index is 1120. The molecule has 0 aliphatic carbocycles. The van der Waals surface area contributed by atoms with Gasteiger partial charge in [0, 0.05) is 30.4 Å². The zero-order valence-corrected chi connectivity index (χ0v) is 18.4. The monoisotopic (exact) mass is 458 g/mol. The van der Waals surface area contributed by atoms with Gasteiger partial charge in [-0.2, -0.15) is 13.2 Å². The second-order valence-corrected chi connectivity index (χ2v) is 8.04. The van der Waals surface area contributed by atoms with Crippen LogP contribution < -0.4 is 0 Å². The number of halogens is 3. The number of hydrogen-bond acceptors (Lipinski definition) is 4. The Morgan fingerprint density at radius 2 is 2.06 bits per heavy atom. The molecule has 1 atom stereocenters. The first-order chi connectivity index (χ1) is 15.6. The number of carbonyl (C=O) groups is 1. The predicted octanol–water partition coefficient (Wildman–Crippen LogP) is 4.94. The summed E-state index contributed by atoms with van der Waals surface area (Å²) < 4.78 is 38.1. The number of aryl methyl sites for hydroxylation is 1. The number of carboxylic acid groups (broad SMARTS) is 1. The molecule has 0 fully saturated rings. The Hall–Kier alpha value is -3.31. The number of aromatic carboxylic acids is 1. The average molecular weight is 458 g/mol. The van der Waals surface area contributed by atoms with E-state index in [9.17, 15) is 23.1 Å². The molecule has 1 unspecified atom stereocenters. The summed E-state index contributed by atoms with van der Waals surface area (Å²) in [5, 5.41) is 18.5. The van der Waals surface area contributed by atoms with Gasteiger partial charge in [0.25, 0.3) is 0 Å². The lowest BCUT2D eigenvalue weighted by Gasteiger charge is -2.31. The molecule has 2 aliphatic heterocycles. The molecule has 0 spiro atoms. The summed E-state index contributed by atoms with van der Waals surface area (Å²) in [6.07, 6.45) is 1.45. The van der Waals surface area contributed by atoms with E-state index >= 15 is 0 Å². The first kappa shape index (κ1) is 24.3. The molecule has 3 rings (SSSR count). The minimum Gasteiger partial charge on any atom is -0.478 e. The quantitative estimate of drug-likeness (QED) is 0.627. The van der Waals surface area contributed by atoms with Gasteiger partial charge in [0.15, 0.2) is 0 Å². The summed E-state index contributed by atoms with van der Waals surface area (Å²) in [4.78, 5) is 17.6. The molecule has 5 nitrogen and oxygen atoms in total. The highest BCUT2D eigenvalue weighted by Gasteiger charge is 2.29. The van der Waals surface area contributed by atoms with E-state index in [2.05, 4.69) is 16.8 Å². The maximum Gasteiger partial charge on any atom is 0.390 e. The SMILES string of the molecule is Cc1cc(C2=CC(C)CC=C3C(=NCCC(F)(F)F)CC(C#CCO)=CN32)ccc1C(=O)O. The fourth-order valence-corrected chi connectivity index (χ4v) is 3.79. The number of rotatable bonds is 4. The van der Waals surface area contributed by atoms with Crippen molar-refractivity contribution in [1.82, 2.24) is 4.90 Å². The van der Waals surface area contributed by atoms with Gasteiger partial charge in [-0.1, -0.05) is 37.0 Å². The molecule has 1 aromatic rings.